The first kappa shape index (κ1) is 21.5. The van der Waals surface area contributed by atoms with Crippen LogP contribution < -0.4 is 0 Å². The summed E-state index contributed by atoms with van der Waals surface area (Å²) in [6.07, 6.45) is 6.90. The summed E-state index contributed by atoms with van der Waals surface area (Å²) in [5, 5.41) is 18.9. The van der Waals surface area contributed by atoms with Crippen molar-refractivity contribution in [3.63, 3.8) is 0 Å². The second kappa shape index (κ2) is 7.89. The number of rotatable bonds is 6. The predicted octanol–water partition coefficient (Wildman–Crippen LogP) is 3.87. The molecule has 0 radical (unpaired) electrons. The molecule has 0 aliphatic heterocycles. The second-order valence-electron chi connectivity index (χ2n) is 10.3. The van der Waals surface area contributed by atoms with E-state index in [4.69, 9.17) is 5.11 Å². The van der Waals surface area contributed by atoms with Gasteiger partial charge in [0.15, 0.2) is 0 Å². The molecule has 158 valence electrons. The minimum Gasteiger partial charge on any atom is -0.481 e. The molecule has 5 nitrogen and oxygen atoms in total. The van der Waals surface area contributed by atoms with Crippen molar-refractivity contribution in [2.24, 2.45) is 40.4 Å². The van der Waals surface area contributed by atoms with Crippen LogP contribution in [0, 0.1) is 40.4 Å². The van der Waals surface area contributed by atoms with Crippen LogP contribution in [0.15, 0.2) is 0 Å². The highest BCUT2D eigenvalue weighted by atomic mass is 16.4. The lowest BCUT2D eigenvalue weighted by Gasteiger charge is -2.53. The van der Waals surface area contributed by atoms with E-state index in [9.17, 15) is 19.5 Å². The first-order valence-electron chi connectivity index (χ1n) is 11.0. The van der Waals surface area contributed by atoms with Gasteiger partial charge >= 0.3 is 5.97 Å². The third-order valence-electron chi connectivity index (χ3n) is 8.94. The second-order valence-corrected chi connectivity index (χ2v) is 10.3. The van der Waals surface area contributed by atoms with Gasteiger partial charge in [0.1, 0.15) is 12.1 Å². The van der Waals surface area contributed by atoms with E-state index in [1.54, 1.807) is 0 Å². The Hall–Kier alpha value is -1.23. The first-order chi connectivity index (χ1) is 13.1. The van der Waals surface area contributed by atoms with Crippen LogP contribution in [-0.2, 0) is 14.4 Å². The summed E-state index contributed by atoms with van der Waals surface area (Å²) in [6.45, 7) is 6.48. The number of aliphatic carboxylic acids is 1. The monoisotopic (exact) mass is 392 g/mol. The van der Waals surface area contributed by atoms with E-state index in [2.05, 4.69) is 13.8 Å². The molecule has 0 spiro atoms. The van der Waals surface area contributed by atoms with Crippen molar-refractivity contribution in [3.8, 4) is 0 Å². The molecule has 3 fully saturated rings. The van der Waals surface area contributed by atoms with E-state index in [-0.39, 0.29) is 41.8 Å². The molecule has 3 aliphatic carbocycles. The molecule has 0 aromatic rings. The zero-order chi connectivity index (χ0) is 20.7. The van der Waals surface area contributed by atoms with Crippen LogP contribution in [0.2, 0.25) is 0 Å². The lowest BCUT2D eigenvalue weighted by molar-refractivity contribution is -0.147. The van der Waals surface area contributed by atoms with Crippen LogP contribution >= 0.6 is 0 Å². The largest absolute Gasteiger partial charge is 0.481 e. The smallest absolute Gasteiger partial charge is 0.303 e. The fourth-order valence-electron chi connectivity index (χ4n) is 7.20. The van der Waals surface area contributed by atoms with Crippen molar-refractivity contribution in [2.75, 3.05) is 0 Å². The number of fused-ring (bicyclic) bond motifs is 1. The third kappa shape index (κ3) is 3.55. The van der Waals surface area contributed by atoms with E-state index in [0.29, 0.717) is 31.1 Å². The number of ketones is 1. The van der Waals surface area contributed by atoms with Crippen molar-refractivity contribution in [1.29, 1.82) is 0 Å². The molecule has 0 saturated heterocycles. The Morgan fingerprint density at radius 1 is 1.18 bits per heavy atom. The molecule has 3 unspecified atom stereocenters. The van der Waals surface area contributed by atoms with Gasteiger partial charge < -0.3 is 15.0 Å². The van der Waals surface area contributed by atoms with E-state index in [0.717, 1.165) is 32.0 Å². The zero-order valence-corrected chi connectivity index (χ0v) is 17.5. The highest BCUT2D eigenvalue weighted by Crippen LogP contribution is 2.63. The van der Waals surface area contributed by atoms with Crippen molar-refractivity contribution < 1.29 is 24.6 Å². The van der Waals surface area contributed by atoms with Crippen molar-refractivity contribution in [3.05, 3.63) is 0 Å². The number of aldehydes is 1. The summed E-state index contributed by atoms with van der Waals surface area (Å²) in [5.74, 6) is 0.380. The standard InChI is InChI=1S/C23H36O5/c1-14(4-7-21(27)28)17-5-6-18-16(13-24)19(9-11-22(17,18)2)23(3)10-8-15(25)12-20(23)26/h13-19,25H,4-12H2,1-3H3,(H,27,28)/t14-,15+,16?,17-,18?,19?,22-,23-/m1/s1. The lowest BCUT2D eigenvalue weighted by Crippen LogP contribution is -2.52. The summed E-state index contributed by atoms with van der Waals surface area (Å²) < 4.78 is 0. The molecule has 8 atom stereocenters. The van der Waals surface area contributed by atoms with E-state index >= 15 is 0 Å². The number of hydrogen-bond acceptors (Lipinski definition) is 4. The summed E-state index contributed by atoms with van der Waals surface area (Å²) in [7, 11) is 0. The number of hydrogen-bond donors (Lipinski definition) is 2. The number of carboxylic acid groups (broad SMARTS) is 1. The maximum absolute atomic E-state index is 12.8. The fourth-order valence-corrected chi connectivity index (χ4v) is 7.20. The summed E-state index contributed by atoms with van der Waals surface area (Å²) in [4.78, 5) is 36.1. The summed E-state index contributed by atoms with van der Waals surface area (Å²) in [6, 6.07) is 0. The predicted molar refractivity (Wildman–Crippen MR) is 106 cm³/mol. The molecule has 3 saturated carbocycles. The number of aliphatic hydroxyl groups excluding tert-OH is 1. The minimum absolute atomic E-state index is 0.0492. The maximum Gasteiger partial charge on any atom is 0.303 e. The SMILES string of the molecule is C[C@H](CCC(=O)O)[C@H]1CCC2C(C=O)C([C@@]3(C)CC[C@H](O)CC3=O)CC[C@@]21C. The number of carbonyl (C=O) groups excluding carboxylic acids is 2. The van der Waals surface area contributed by atoms with Gasteiger partial charge in [0.05, 0.1) is 6.10 Å². The Labute approximate surface area is 168 Å². The molecule has 2 N–H and O–H groups in total. The van der Waals surface area contributed by atoms with Gasteiger partial charge in [-0.1, -0.05) is 20.8 Å². The van der Waals surface area contributed by atoms with Crippen LogP contribution in [0.5, 0.6) is 0 Å². The molecule has 0 amide bonds. The summed E-state index contributed by atoms with van der Waals surface area (Å²) in [5.41, 5.74) is -0.452. The first-order valence-corrected chi connectivity index (χ1v) is 11.0. The Morgan fingerprint density at radius 3 is 2.50 bits per heavy atom. The van der Waals surface area contributed by atoms with E-state index in [1.165, 1.54) is 0 Å². The molecule has 0 aromatic carbocycles. The molecule has 5 heteroatoms. The van der Waals surface area contributed by atoms with Crippen molar-refractivity contribution in [2.45, 2.75) is 84.7 Å². The number of Topliss-reactive ketones (excluding diaryl/α,β-unsaturated/α-hetero) is 1. The highest BCUT2D eigenvalue weighted by molar-refractivity contribution is 5.86. The van der Waals surface area contributed by atoms with Gasteiger partial charge in [-0.25, -0.2) is 0 Å². The molecular weight excluding hydrogens is 356 g/mol. The Morgan fingerprint density at radius 2 is 1.89 bits per heavy atom. The molecule has 0 heterocycles. The van der Waals surface area contributed by atoms with Gasteiger partial charge in [-0.2, -0.15) is 0 Å². The van der Waals surface area contributed by atoms with Crippen molar-refractivity contribution >= 4 is 18.0 Å². The highest BCUT2D eigenvalue weighted by Gasteiger charge is 2.59. The van der Waals surface area contributed by atoms with Gasteiger partial charge in [-0.3, -0.25) is 9.59 Å². The Kier molecular flexibility index (Phi) is 6.05. The average molecular weight is 393 g/mol. The van der Waals surface area contributed by atoms with E-state index < -0.39 is 17.5 Å². The molecule has 3 aliphatic rings. The van der Waals surface area contributed by atoms with Gasteiger partial charge in [0.25, 0.3) is 0 Å². The number of carboxylic acids is 1. The van der Waals surface area contributed by atoms with Gasteiger partial charge in [0.2, 0.25) is 0 Å². The molecule has 0 bridgehead atoms. The Balaban J connectivity index is 1.80. The molecule has 28 heavy (non-hydrogen) atoms. The van der Waals surface area contributed by atoms with Crippen LogP contribution in [0.4, 0.5) is 0 Å². The summed E-state index contributed by atoms with van der Waals surface area (Å²) >= 11 is 0. The molecular formula is C23H36O5. The van der Waals surface area contributed by atoms with Gasteiger partial charge in [-0.05, 0) is 74.0 Å². The third-order valence-corrected chi connectivity index (χ3v) is 8.94. The van der Waals surface area contributed by atoms with Crippen LogP contribution in [0.3, 0.4) is 0 Å². The van der Waals surface area contributed by atoms with Gasteiger partial charge in [0, 0.05) is 24.2 Å². The molecule has 3 rings (SSSR count). The topological polar surface area (TPSA) is 91.7 Å². The molecule has 0 aromatic heterocycles. The van der Waals surface area contributed by atoms with Crippen molar-refractivity contribution in [1.82, 2.24) is 0 Å². The fraction of sp³-hybridized carbons (Fsp3) is 0.870. The lowest BCUT2D eigenvalue weighted by atomic mass is 9.50. The Bertz CT molecular complexity index is 630. The average Bonchev–Trinajstić information content (AvgIpc) is 2.99. The minimum atomic E-state index is -0.744. The normalized spacial score (nSPS) is 44.7. The van der Waals surface area contributed by atoms with Crippen LogP contribution in [0.25, 0.3) is 0 Å². The quantitative estimate of drug-likeness (QED) is 0.670. The maximum atomic E-state index is 12.8. The number of carbonyl (C=O) groups is 3. The van der Waals surface area contributed by atoms with Crippen LogP contribution in [-0.4, -0.2) is 34.4 Å². The van der Waals surface area contributed by atoms with Crippen LogP contribution in [0.1, 0.15) is 78.6 Å². The zero-order valence-electron chi connectivity index (χ0n) is 17.5. The van der Waals surface area contributed by atoms with Gasteiger partial charge in [-0.15, -0.1) is 0 Å². The number of aliphatic hydroxyl groups is 1. The van der Waals surface area contributed by atoms with E-state index in [1.807, 2.05) is 6.92 Å².